The number of hydrogen-bond donors (Lipinski definition) is 2. The van der Waals surface area contributed by atoms with Crippen LogP contribution < -0.4 is 19.5 Å². The lowest BCUT2D eigenvalue weighted by atomic mass is 10.1. The molecular weight excluding hydrogens is 442 g/mol. The van der Waals surface area contributed by atoms with Gasteiger partial charge >= 0.3 is 0 Å². The Morgan fingerprint density at radius 2 is 1.91 bits per heavy atom. The molecule has 2 N–H and O–H groups in total. The van der Waals surface area contributed by atoms with Gasteiger partial charge in [-0.2, -0.15) is 0 Å². The maximum absolute atomic E-state index is 12.3. The highest BCUT2D eigenvalue weighted by Crippen LogP contribution is 2.30. The molecule has 0 aliphatic carbocycles. The fraction of sp³-hybridized carbons (Fsp3) is 0.417. The Morgan fingerprint density at radius 3 is 2.67 bits per heavy atom. The molecule has 0 aromatic heterocycles. The Bertz CT molecular complexity index is 1110. The first kappa shape index (κ1) is 24.6. The number of carbonyl (C=O) groups excluding carboxylic acids is 1. The number of aliphatic imine (C=N–C) groups is 1. The maximum atomic E-state index is 12.3. The summed E-state index contributed by atoms with van der Waals surface area (Å²) < 4.78 is 37.6. The van der Waals surface area contributed by atoms with Crippen molar-refractivity contribution in [3.8, 4) is 11.5 Å². The van der Waals surface area contributed by atoms with Crippen molar-refractivity contribution in [3.63, 3.8) is 0 Å². The molecule has 8 nitrogen and oxygen atoms in total. The number of carbonyl (C=O) groups is 1. The van der Waals surface area contributed by atoms with Crippen molar-refractivity contribution in [2.24, 2.45) is 4.99 Å². The highest BCUT2D eigenvalue weighted by Gasteiger charge is 2.29. The summed E-state index contributed by atoms with van der Waals surface area (Å²) >= 11 is 0. The quantitative estimate of drug-likeness (QED) is 0.485. The Labute approximate surface area is 195 Å². The molecule has 9 heteroatoms. The van der Waals surface area contributed by atoms with E-state index in [1.54, 1.807) is 31.4 Å². The summed E-state index contributed by atoms with van der Waals surface area (Å²) in [6.07, 6.45) is 2.75. The van der Waals surface area contributed by atoms with Crippen molar-refractivity contribution in [2.45, 2.75) is 50.5 Å². The minimum absolute atomic E-state index is 0.0147. The molecule has 1 atom stereocenters. The highest BCUT2D eigenvalue weighted by atomic mass is 32.2. The van der Waals surface area contributed by atoms with Gasteiger partial charge in [-0.25, -0.2) is 8.42 Å². The third-order valence-corrected chi connectivity index (χ3v) is 6.76. The minimum Gasteiger partial charge on any atom is -0.493 e. The SMILES string of the molecule is CCOc1ccc(C(C)NC(=O)CCCCCN=C2NS(=O)(=O)c3ccccc32)cc1OC. The fourth-order valence-corrected chi connectivity index (χ4v) is 4.89. The van der Waals surface area contributed by atoms with Crippen LogP contribution in [0.4, 0.5) is 0 Å². The number of benzene rings is 2. The molecule has 0 fully saturated rings. The van der Waals surface area contributed by atoms with Crippen LogP contribution in [0.25, 0.3) is 0 Å². The van der Waals surface area contributed by atoms with Crippen LogP contribution in [0.15, 0.2) is 52.4 Å². The number of amidine groups is 1. The first-order chi connectivity index (χ1) is 15.9. The van der Waals surface area contributed by atoms with Crippen LogP contribution in [0.5, 0.6) is 11.5 Å². The van der Waals surface area contributed by atoms with Crippen LogP contribution in [0.2, 0.25) is 0 Å². The van der Waals surface area contributed by atoms with Crippen molar-refractivity contribution in [1.82, 2.24) is 10.0 Å². The summed E-state index contributed by atoms with van der Waals surface area (Å²) in [5.41, 5.74) is 1.55. The second kappa shape index (κ2) is 11.2. The van der Waals surface area contributed by atoms with Crippen LogP contribution in [-0.2, 0) is 14.8 Å². The molecule has 178 valence electrons. The van der Waals surface area contributed by atoms with E-state index >= 15 is 0 Å². The smallest absolute Gasteiger partial charge is 0.263 e. The molecule has 1 amide bonds. The topological polar surface area (TPSA) is 106 Å². The summed E-state index contributed by atoms with van der Waals surface area (Å²) in [5.74, 6) is 1.70. The molecule has 2 aromatic rings. The Balaban J connectivity index is 1.41. The minimum atomic E-state index is -3.51. The van der Waals surface area contributed by atoms with Crippen LogP contribution in [0.1, 0.15) is 56.7 Å². The summed E-state index contributed by atoms with van der Waals surface area (Å²) in [6.45, 7) is 4.90. The number of sulfonamides is 1. The van der Waals surface area contributed by atoms with E-state index in [2.05, 4.69) is 15.0 Å². The molecule has 0 saturated heterocycles. The number of nitrogens with zero attached hydrogens (tertiary/aromatic N) is 1. The van der Waals surface area contributed by atoms with Crippen LogP contribution in [0.3, 0.4) is 0 Å². The summed E-state index contributed by atoms with van der Waals surface area (Å²) in [4.78, 5) is 17.0. The van der Waals surface area contributed by atoms with Crippen LogP contribution >= 0.6 is 0 Å². The van der Waals surface area contributed by atoms with Gasteiger partial charge in [-0.3, -0.25) is 14.5 Å². The van der Waals surface area contributed by atoms with E-state index in [1.165, 1.54) is 0 Å². The molecule has 1 heterocycles. The lowest BCUT2D eigenvalue weighted by Crippen LogP contribution is -2.26. The number of unbranched alkanes of at least 4 members (excludes halogenated alkanes) is 2. The zero-order valence-corrected chi connectivity index (χ0v) is 20.1. The number of amides is 1. The van der Waals surface area contributed by atoms with Gasteiger partial charge in [0.05, 0.1) is 24.7 Å². The molecule has 33 heavy (non-hydrogen) atoms. The Kier molecular flexibility index (Phi) is 8.32. The molecular formula is C24H31N3O5S. The molecule has 1 aliphatic rings. The van der Waals surface area contributed by atoms with E-state index < -0.39 is 10.0 Å². The summed E-state index contributed by atoms with van der Waals surface area (Å²) in [7, 11) is -1.91. The van der Waals surface area contributed by atoms with Gasteiger partial charge in [0, 0.05) is 18.5 Å². The van der Waals surface area contributed by atoms with E-state index in [0.29, 0.717) is 42.5 Å². The van der Waals surface area contributed by atoms with E-state index in [-0.39, 0.29) is 16.8 Å². The molecule has 3 rings (SSSR count). The predicted octanol–water partition coefficient (Wildman–Crippen LogP) is 3.57. The molecule has 0 radical (unpaired) electrons. The van der Waals surface area contributed by atoms with Gasteiger partial charge in [-0.05, 0) is 56.5 Å². The molecule has 0 spiro atoms. The van der Waals surface area contributed by atoms with Crippen molar-refractivity contribution in [3.05, 3.63) is 53.6 Å². The van der Waals surface area contributed by atoms with Crippen LogP contribution in [-0.4, -0.2) is 40.4 Å². The third kappa shape index (κ3) is 6.25. The van der Waals surface area contributed by atoms with E-state index in [1.807, 2.05) is 32.0 Å². The second-order valence-corrected chi connectivity index (χ2v) is 9.43. The second-order valence-electron chi connectivity index (χ2n) is 7.78. The van der Waals surface area contributed by atoms with E-state index in [9.17, 15) is 13.2 Å². The summed E-state index contributed by atoms with van der Waals surface area (Å²) in [6, 6.07) is 12.3. The van der Waals surface area contributed by atoms with Crippen molar-refractivity contribution < 1.29 is 22.7 Å². The Morgan fingerprint density at radius 1 is 1.12 bits per heavy atom. The third-order valence-electron chi connectivity index (χ3n) is 5.36. The number of fused-ring (bicyclic) bond motifs is 1. The normalized spacial score (nSPS) is 16.0. The molecule has 1 unspecified atom stereocenters. The predicted molar refractivity (Wildman–Crippen MR) is 127 cm³/mol. The van der Waals surface area contributed by atoms with Gasteiger partial charge in [0.1, 0.15) is 5.84 Å². The number of rotatable bonds is 11. The number of hydrogen-bond acceptors (Lipinski definition) is 6. The van der Waals surface area contributed by atoms with E-state index in [4.69, 9.17) is 9.47 Å². The van der Waals surface area contributed by atoms with Gasteiger partial charge in [0.25, 0.3) is 10.0 Å². The first-order valence-corrected chi connectivity index (χ1v) is 12.6. The number of ether oxygens (including phenoxy) is 2. The average molecular weight is 474 g/mol. The van der Waals surface area contributed by atoms with Gasteiger partial charge in [0.2, 0.25) is 5.91 Å². The van der Waals surface area contributed by atoms with Gasteiger partial charge < -0.3 is 14.8 Å². The van der Waals surface area contributed by atoms with Gasteiger partial charge in [-0.15, -0.1) is 0 Å². The first-order valence-electron chi connectivity index (χ1n) is 11.1. The zero-order chi connectivity index (χ0) is 23.8. The van der Waals surface area contributed by atoms with Crippen molar-refractivity contribution in [1.29, 1.82) is 0 Å². The Hall–Kier alpha value is -3.07. The maximum Gasteiger partial charge on any atom is 0.263 e. The number of nitrogens with one attached hydrogen (secondary N) is 2. The van der Waals surface area contributed by atoms with Crippen molar-refractivity contribution in [2.75, 3.05) is 20.3 Å². The zero-order valence-electron chi connectivity index (χ0n) is 19.3. The van der Waals surface area contributed by atoms with E-state index in [0.717, 1.165) is 24.8 Å². The largest absolute Gasteiger partial charge is 0.493 e. The standard InChI is InChI=1S/C24H31N3O5S/c1-4-32-20-14-13-18(16-21(20)31-3)17(2)26-23(28)12-6-5-9-15-25-24-19-10-7-8-11-22(19)33(29,30)27-24/h7-8,10-11,13-14,16-17H,4-6,9,12,15H2,1-3H3,(H,25,27)(H,26,28). The lowest BCUT2D eigenvalue weighted by molar-refractivity contribution is -0.121. The highest BCUT2D eigenvalue weighted by molar-refractivity contribution is 7.90. The monoisotopic (exact) mass is 473 g/mol. The fourth-order valence-electron chi connectivity index (χ4n) is 3.64. The molecule has 0 bridgehead atoms. The molecule has 2 aromatic carbocycles. The van der Waals surface area contributed by atoms with Crippen LogP contribution in [0, 0.1) is 0 Å². The van der Waals surface area contributed by atoms with Crippen molar-refractivity contribution >= 4 is 21.8 Å². The molecule has 0 saturated carbocycles. The lowest BCUT2D eigenvalue weighted by Gasteiger charge is -2.17. The van der Waals surface area contributed by atoms with Gasteiger partial charge in [-0.1, -0.05) is 24.6 Å². The average Bonchev–Trinajstić information content (AvgIpc) is 3.06. The summed E-state index contributed by atoms with van der Waals surface area (Å²) in [5, 5.41) is 3.02. The van der Waals surface area contributed by atoms with Gasteiger partial charge in [0.15, 0.2) is 11.5 Å². The molecule has 1 aliphatic heterocycles. The number of methoxy groups -OCH3 is 1.